The van der Waals surface area contributed by atoms with E-state index < -0.39 is 11.7 Å². The molecule has 0 bridgehead atoms. The third-order valence-corrected chi connectivity index (χ3v) is 6.91. The molecule has 10 heteroatoms. The Morgan fingerprint density at radius 3 is 2.66 bits per heavy atom. The molecule has 1 aromatic heterocycles. The van der Waals surface area contributed by atoms with Crippen molar-refractivity contribution in [2.45, 2.75) is 31.5 Å². The number of rotatable bonds is 5. The first kappa shape index (κ1) is 20.7. The van der Waals surface area contributed by atoms with E-state index in [1.54, 1.807) is 16.2 Å². The highest BCUT2D eigenvalue weighted by atomic mass is 32.1. The minimum atomic E-state index is -4.50. The molecule has 2 aromatic carbocycles. The number of likely N-dealkylation sites (tertiary alicyclic amines) is 1. The largest absolute Gasteiger partial charge is 0.418 e. The molecular formula is C22H19F3N4O2S. The number of hydrogen-bond acceptors (Lipinski definition) is 5. The number of alkyl halides is 3. The number of benzene rings is 2. The number of nitrogens with zero attached hydrogens (tertiary/aromatic N) is 4. The number of hydrogen-bond donors (Lipinski definition) is 0. The molecule has 2 aliphatic heterocycles. The predicted molar refractivity (Wildman–Crippen MR) is 116 cm³/mol. The lowest BCUT2D eigenvalue weighted by Crippen LogP contribution is -2.47. The Labute approximate surface area is 185 Å². The van der Waals surface area contributed by atoms with Crippen molar-refractivity contribution in [2.75, 3.05) is 18.1 Å². The average Bonchev–Trinajstić information content (AvgIpc) is 3.30. The van der Waals surface area contributed by atoms with Gasteiger partial charge in [0.25, 0.3) is 0 Å². The minimum absolute atomic E-state index is 0.00184. The summed E-state index contributed by atoms with van der Waals surface area (Å²) in [5, 5.41) is 8.46. The second kappa shape index (κ2) is 7.77. The Bertz CT molecular complexity index is 1190. The quantitative estimate of drug-likeness (QED) is 0.287. The molecule has 1 saturated heterocycles. The van der Waals surface area contributed by atoms with E-state index in [4.69, 9.17) is 0 Å². The number of para-hydroxylation sites is 1. The lowest BCUT2D eigenvalue weighted by Gasteiger charge is -2.36. The van der Waals surface area contributed by atoms with E-state index in [0.717, 1.165) is 22.1 Å². The monoisotopic (exact) mass is 460 g/mol. The number of hydrazine groups is 1. The zero-order valence-corrected chi connectivity index (χ0v) is 17.7. The maximum atomic E-state index is 13.3. The fraction of sp³-hybridized carbons (Fsp3) is 0.318. The fourth-order valence-corrected chi connectivity index (χ4v) is 5.12. The Hall–Kier alpha value is -3.14. The standard InChI is InChI=1S/C22H19F3N4O2S/c23-22(24,25)17-2-1-3-18-21(17)28(18)29(26-31)16-6-9-27(10-7-16)20(30)13-14-4-5-19-15(12-14)8-11-32-19/h1-5,8,11-12,16H,6-7,9-10,13H2. The Kier molecular flexibility index (Phi) is 5.04. The molecule has 32 heavy (non-hydrogen) atoms. The topological polar surface area (TPSA) is 56.0 Å². The first-order valence-corrected chi connectivity index (χ1v) is 11.1. The van der Waals surface area contributed by atoms with Gasteiger partial charge in [0.15, 0.2) is 0 Å². The molecule has 3 aromatic rings. The number of fused-ring (bicyclic) bond motifs is 2. The number of thiophene rings is 1. The van der Waals surface area contributed by atoms with Gasteiger partial charge in [-0.1, -0.05) is 12.1 Å². The Morgan fingerprint density at radius 1 is 1.16 bits per heavy atom. The van der Waals surface area contributed by atoms with Crippen molar-refractivity contribution < 1.29 is 18.0 Å². The lowest BCUT2D eigenvalue weighted by molar-refractivity contribution is -0.137. The summed E-state index contributed by atoms with van der Waals surface area (Å²) in [4.78, 5) is 26.0. The normalized spacial score (nSPS) is 16.2. The number of amides is 1. The minimum Gasteiger partial charge on any atom is -0.342 e. The molecule has 0 aliphatic carbocycles. The van der Waals surface area contributed by atoms with Gasteiger partial charge in [0, 0.05) is 17.8 Å². The van der Waals surface area contributed by atoms with Crippen LogP contribution in [-0.4, -0.2) is 35.1 Å². The molecule has 0 unspecified atom stereocenters. The van der Waals surface area contributed by atoms with Gasteiger partial charge in [-0.2, -0.15) is 18.3 Å². The summed E-state index contributed by atoms with van der Waals surface area (Å²) < 4.78 is 40.9. The van der Waals surface area contributed by atoms with Gasteiger partial charge in [-0.15, -0.1) is 16.2 Å². The zero-order valence-electron chi connectivity index (χ0n) is 16.9. The number of anilines is 2. The van der Waals surface area contributed by atoms with Crippen molar-refractivity contribution in [3.05, 3.63) is 63.9 Å². The third kappa shape index (κ3) is 3.68. The molecule has 0 radical (unpaired) electrons. The number of carbonyl (C=O) groups excluding carboxylic acids is 1. The van der Waals surface area contributed by atoms with Gasteiger partial charge in [-0.3, -0.25) is 4.79 Å². The van der Waals surface area contributed by atoms with Crippen molar-refractivity contribution in [1.82, 2.24) is 10.0 Å². The van der Waals surface area contributed by atoms with Crippen LogP contribution >= 0.6 is 11.3 Å². The van der Waals surface area contributed by atoms with Crippen LogP contribution in [0.5, 0.6) is 0 Å². The van der Waals surface area contributed by atoms with Crippen LogP contribution in [0.15, 0.2) is 53.1 Å². The molecule has 3 heterocycles. The fourth-order valence-electron chi connectivity index (χ4n) is 4.35. The molecule has 0 saturated carbocycles. The summed E-state index contributed by atoms with van der Waals surface area (Å²) in [5.41, 5.74) is 0.473. The van der Waals surface area contributed by atoms with Crippen LogP contribution in [0.2, 0.25) is 0 Å². The third-order valence-electron chi connectivity index (χ3n) is 6.01. The van der Waals surface area contributed by atoms with Gasteiger partial charge in [-0.05, 0) is 59.5 Å². The van der Waals surface area contributed by atoms with Crippen LogP contribution < -0.4 is 5.01 Å². The van der Waals surface area contributed by atoms with Crippen molar-refractivity contribution in [2.24, 2.45) is 5.29 Å². The van der Waals surface area contributed by atoms with Gasteiger partial charge in [0.05, 0.1) is 29.0 Å². The second-order valence-corrected chi connectivity index (χ2v) is 8.91. The molecule has 0 N–H and O–H groups in total. The first-order chi connectivity index (χ1) is 15.4. The average molecular weight is 460 g/mol. The smallest absolute Gasteiger partial charge is 0.342 e. The van der Waals surface area contributed by atoms with Gasteiger partial charge in [-0.25, -0.2) is 5.01 Å². The number of piperidine rings is 1. The summed E-state index contributed by atoms with van der Waals surface area (Å²) >= 11 is 1.65. The summed E-state index contributed by atoms with van der Waals surface area (Å²) in [6.07, 6.45) is -3.31. The van der Waals surface area contributed by atoms with Gasteiger partial charge in [0.2, 0.25) is 5.91 Å². The summed E-state index contributed by atoms with van der Waals surface area (Å²) in [7, 11) is 0. The van der Waals surface area contributed by atoms with Crippen LogP contribution in [0.1, 0.15) is 24.0 Å². The molecule has 0 atom stereocenters. The van der Waals surface area contributed by atoms with Gasteiger partial charge >= 0.3 is 6.18 Å². The van der Waals surface area contributed by atoms with Crippen molar-refractivity contribution in [1.29, 1.82) is 0 Å². The highest BCUT2D eigenvalue weighted by molar-refractivity contribution is 7.17. The van der Waals surface area contributed by atoms with Crippen LogP contribution in [0.3, 0.4) is 0 Å². The first-order valence-electron chi connectivity index (χ1n) is 10.2. The van der Waals surface area contributed by atoms with E-state index in [2.05, 4.69) is 5.29 Å². The summed E-state index contributed by atoms with van der Waals surface area (Å²) in [6, 6.07) is 11.5. The van der Waals surface area contributed by atoms with E-state index in [1.165, 1.54) is 21.8 Å². The molecule has 6 nitrogen and oxygen atoms in total. The number of halogens is 3. The van der Waals surface area contributed by atoms with Gasteiger partial charge in [0.1, 0.15) is 5.69 Å². The van der Waals surface area contributed by atoms with Crippen molar-refractivity contribution in [3.8, 4) is 0 Å². The second-order valence-electron chi connectivity index (χ2n) is 7.97. The van der Waals surface area contributed by atoms with Crippen molar-refractivity contribution in [3.63, 3.8) is 0 Å². The van der Waals surface area contributed by atoms with E-state index in [0.29, 0.717) is 38.0 Å². The van der Waals surface area contributed by atoms with E-state index in [1.807, 2.05) is 29.6 Å². The van der Waals surface area contributed by atoms with Crippen LogP contribution in [0, 0.1) is 4.91 Å². The van der Waals surface area contributed by atoms with E-state index in [9.17, 15) is 22.9 Å². The predicted octanol–water partition coefficient (Wildman–Crippen LogP) is 5.50. The van der Waals surface area contributed by atoms with Crippen molar-refractivity contribution >= 4 is 38.7 Å². The summed E-state index contributed by atoms with van der Waals surface area (Å²) in [5.74, 6) is -0.00184. The molecule has 1 amide bonds. The van der Waals surface area contributed by atoms with Crippen LogP contribution in [0.25, 0.3) is 10.1 Å². The highest BCUT2D eigenvalue weighted by Gasteiger charge is 2.48. The molecule has 1 fully saturated rings. The highest BCUT2D eigenvalue weighted by Crippen LogP contribution is 2.56. The lowest BCUT2D eigenvalue weighted by atomic mass is 10.0. The van der Waals surface area contributed by atoms with Crippen LogP contribution in [0.4, 0.5) is 24.5 Å². The number of nitroso groups, excluding NO2 is 1. The van der Waals surface area contributed by atoms with Crippen LogP contribution in [-0.2, 0) is 17.4 Å². The molecule has 2 aliphatic rings. The number of carbonyl (C=O) groups is 1. The zero-order chi connectivity index (χ0) is 22.5. The molecular weight excluding hydrogens is 441 g/mol. The summed E-state index contributed by atoms with van der Waals surface area (Å²) in [6.45, 7) is 0.846. The maximum absolute atomic E-state index is 13.3. The van der Waals surface area contributed by atoms with E-state index >= 15 is 0 Å². The molecule has 166 valence electrons. The van der Waals surface area contributed by atoms with Gasteiger partial charge < -0.3 is 4.90 Å². The Balaban J connectivity index is 1.22. The molecule has 0 spiro atoms. The SMILES string of the molecule is O=NN(C1CCN(C(=O)Cc2ccc3sccc3c2)CC1)N1c2cccc(C(F)(F)F)c21. The molecule has 5 rings (SSSR count). The maximum Gasteiger partial charge on any atom is 0.418 e. The van der Waals surface area contributed by atoms with E-state index in [-0.39, 0.29) is 17.6 Å². The Morgan fingerprint density at radius 2 is 1.94 bits per heavy atom.